The lowest BCUT2D eigenvalue weighted by molar-refractivity contribution is -0.138. The Kier molecular flexibility index (Phi) is 6.45. The third-order valence-corrected chi connectivity index (χ3v) is 5.50. The second-order valence-electron chi connectivity index (χ2n) is 4.60. The summed E-state index contributed by atoms with van der Waals surface area (Å²) in [6.45, 7) is 1.27. The number of rotatable bonds is 7. The molecule has 5 nitrogen and oxygen atoms in total. The molecule has 0 bridgehead atoms. The van der Waals surface area contributed by atoms with Crippen molar-refractivity contribution in [1.82, 2.24) is 4.90 Å². The number of carboxylic acid groups (broad SMARTS) is 1. The molecule has 7 heteroatoms. The Balaban J connectivity index is 2.50. The predicted octanol–water partition coefficient (Wildman–Crippen LogP) is 0.703. The van der Waals surface area contributed by atoms with Crippen molar-refractivity contribution in [3.8, 4) is 0 Å². The molecule has 0 saturated carbocycles. The molecule has 0 spiro atoms. The molecule has 0 amide bonds. The highest BCUT2D eigenvalue weighted by Gasteiger charge is 2.32. The van der Waals surface area contributed by atoms with Gasteiger partial charge in [0.2, 0.25) is 0 Å². The van der Waals surface area contributed by atoms with Gasteiger partial charge in [-0.3, -0.25) is 9.69 Å². The molecule has 0 aromatic heterocycles. The third-order valence-electron chi connectivity index (χ3n) is 3.11. The summed E-state index contributed by atoms with van der Waals surface area (Å²) in [5.74, 6) is 0.314. The van der Waals surface area contributed by atoms with Crippen LogP contribution < -0.4 is 0 Å². The summed E-state index contributed by atoms with van der Waals surface area (Å²) in [5.41, 5.74) is 0. The molecule has 1 rings (SSSR count). The van der Waals surface area contributed by atoms with Crippen LogP contribution in [0.25, 0.3) is 0 Å². The molecule has 18 heavy (non-hydrogen) atoms. The van der Waals surface area contributed by atoms with E-state index in [-0.39, 0.29) is 24.0 Å². The molecule has 1 aliphatic heterocycles. The van der Waals surface area contributed by atoms with Crippen molar-refractivity contribution in [1.29, 1.82) is 0 Å². The fraction of sp³-hybridized carbons (Fsp3) is 0.909. The number of unbranched alkanes of at least 4 members (excludes halogenated alkanes) is 1. The van der Waals surface area contributed by atoms with E-state index >= 15 is 0 Å². The summed E-state index contributed by atoms with van der Waals surface area (Å²) in [7, 11) is -3.05. The normalized spacial score (nSPS) is 23.9. The van der Waals surface area contributed by atoms with E-state index in [0.717, 1.165) is 25.1 Å². The molecular formula is C11H21NO4S2. The van der Waals surface area contributed by atoms with E-state index in [1.165, 1.54) is 0 Å². The van der Waals surface area contributed by atoms with Crippen molar-refractivity contribution < 1.29 is 18.3 Å². The Morgan fingerprint density at radius 2 is 2.17 bits per heavy atom. The Labute approximate surface area is 113 Å². The topological polar surface area (TPSA) is 74.7 Å². The van der Waals surface area contributed by atoms with Crippen LogP contribution in [0.3, 0.4) is 0 Å². The number of nitrogens with zero attached hydrogens (tertiary/aromatic N) is 1. The van der Waals surface area contributed by atoms with Crippen molar-refractivity contribution in [2.45, 2.75) is 25.3 Å². The lowest BCUT2D eigenvalue weighted by Crippen LogP contribution is -2.49. The van der Waals surface area contributed by atoms with Crippen LogP contribution in [0.2, 0.25) is 0 Å². The largest absolute Gasteiger partial charge is 0.481 e. The Morgan fingerprint density at radius 3 is 2.78 bits per heavy atom. The second-order valence-corrected chi connectivity index (χ2v) is 7.82. The molecule has 1 atom stereocenters. The van der Waals surface area contributed by atoms with Crippen molar-refractivity contribution in [2.24, 2.45) is 0 Å². The lowest BCUT2D eigenvalue weighted by atomic mass is 10.2. The van der Waals surface area contributed by atoms with Gasteiger partial charge in [-0.15, -0.1) is 0 Å². The smallest absolute Gasteiger partial charge is 0.304 e. The van der Waals surface area contributed by atoms with Gasteiger partial charge in [0.05, 0.1) is 17.9 Å². The predicted molar refractivity (Wildman–Crippen MR) is 73.9 cm³/mol. The van der Waals surface area contributed by atoms with Gasteiger partial charge in [0, 0.05) is 12.6 Å². The van der Waals surface area contributed by atoms with Crippen molar-refractivity contribution in [2.75, 3.05) is 36.6 Å². The van der Waals surface area contributed by atoms with Gasteiger partial charge >= 0.3 is 5.97 Å². The molecule has 0 aliphatic carbocycles. The van der Waals surface area contributed by atoms with E-state index in [9.17, 15) is 13.2 Å². The maximum absolute atomic E-state index is 11.5. The van der Waals surface area contributed by atoms with E-state index in [1.54, 1.807) is 11.8 Å². The van der Waals surface area contributed by atoms with Crippen LogP contribution in [0.5, 0.6) is 0 Å². The zero-order valence-corrected chi connectivity index (χ0v) is 12.3. The number of carboxylic acids is 1. The molecule has 1 heterocycles. The van der Waals surface area contributed by atoms with Gasteiger partial charge in [0.1, 0.15) is 0 Å². The molecule has 0 aromatic carbocycles. The van der Waals surface area contributed by atoms with Crippen LogP contribution in [0.1, 0.15) is 19.3 Å². The molecule has 1 saturated heterocycles. The molecular weight excluding hydrogens is 274 g/mol. The fourth-order valence-corrected chi connectivity index (χ4v) is 4.25. The number of hydrogen-bond donors (Lipinski definition) is 1. The van der Waals surface area contributed by atoms with Crippen molar-refractivity contribution in [3.05, 3.63) is 0 Å². The molecule has 1 fully saturated rings. The van der Waals surface area contributed by atoms with Gasteiger partial charge in [-0.1, -0.05) is 0 Å². The van der Waals surface area contributed by atoms with E-state index in [4.69, 9.17) is 5.11 Å². The quantitative estimate of drug-likeness (QED) is 0.697. The number of carbonyl (C=O) groups is 1. The van der Waals surface area contributed by atoms with Crippen LogP contribution in [0, 0.1) is 0 Å². The van der Waals surface area contributed by atoms with Crippen LogP contribution >= 0.6 is 11.8 Å². The first-order chi connectivity index (χ1) is 8.44. The minimum Gasteiger partial charge on any atom is -0.481 e. The number of aliphatic carboxylic acids is 1. The lowest BCUT2D eigenvalue weighted by Gasteiger charge is -2.34. The molecule has 0 aromatic rings. The highest BCUT2D eigenvalue weighted by atomic mass is 32.2. The number of hydrogen-bond acceptors (Lipinski definition) is 5. The van der Waals surface area contributed by atoms with Crippen LogP contribution in [-0.2, 0) is 14.6 Å². The first kappa shape index (κ1) is 15.8. The minimum atomic E-state index is -3.05. The summed E-state index contributed by atoms with van der Waals surface area (Å²) in [6, 6.07) is -0.351. The van der Waals surface area contributed by atoms with Crippen LogP contribution in [0.4, 0.5) is 0 Å². The molecule has 1 aliphatic rings. The van der Waals surface area contributed by atoms with Gasteiger partial charge in [0.15, 0.2) is 9.84 Å². The van der Waals surface area contributed by atoms with Gasteiger partial charge in [-0.25, -0.2) is 8.42 Å². The summed E-state index contributed by atoms with van der Waals surface area (Å²) in [4.78, 5) is 12.8. The highest BCUT2D eigenvalue weighted by molar-refractivity contribution is 7.98. The number of thioether (sulfide) groups is 1. The van der Waals surface area contributed by atoms with Crippen LogP contribution in [-0.4, -0.2) is 67.0 Å². The third kappa shape index (κ3) is 5.58. The molecule has 106 valence electrons. The van der Waals surface area contributed by atoms with E-state index < -0.39 is 15.8 Å². The first-order valence-corrected chi connectivity index (χ1v) is 9.31. The molecule has 1 N–H and O–H groups in total. The van der Waals surface area contributed by atoms with Gasteiger partial charge in [-0.2, -0.15) is 11.8 Å². The molecule has 1 unspecified atom stereocenters. The average Bonchev–Trinajstić information content (AvgIpc) is 2.25. The summed E-state index contributed by atoms with van der Waals surface area (Å²) in [6.07, 6.45) is 4.06. The van der Waals surface area contributed by atoms with E-state index in [2.05, 4.69) is 6.26 Å². The van der Waals surface area contributed by atoms with E-state index in [0.29, 0.717) is 6.54 Å². The van der Waals surface area contributed by atoms with Crippen molar-refractivity contribution >= 4 is 27.6 Å². The standard InChI is InChI=1S/C11H21NO4S2/c1-17-6-3-2-4-12-5-7-18(15,16)9-10(12)8-11(13)14/h10H,2-9H2,1H3,(H,13,14). The van der Waals surface area contributed by atoms with Crippen LogP contribution in [0.15, 0.2) is 0 Å². The zero-order valence-electron chi connectivity index (χ0n) is 10.7. The number of sulfone groups is 1. The minimum absolute atomic E-state index is 0.0121. The zero-order chi connectivity index (χ0) is 13.6. The Morgan fingerprint density at radius 1 is 1.44 bits per heavy atom. The Bertz CT molecular complexity index is 369. The SMILES string of the molecule is CSCCCCN1CCS(=O)(=O)CC1CC(=O)O. The molecule has 0 radical (unpaired) electrons. The van der Waals surface area contributed by atoms with E-state index in [1.807, 2.05) is 4.90 Å². The second kappa shape index (κ2) is 7.35. The average molecular weight is 295 g/mol. The van der Waals surface area contributed by atoms with Gasteiger partial charge in [-0.05, 0) is 31.4 Å². The maximum Gasteiger partial charge on any atom is 0.304 e. The summed E-state index contributed by atoms with van der Waals surface area (Å²) in [5, 5.41) is 8.84. The summed E-state index contributed by atoms with van der Waals surface area (Å²) < 4.78 is 23.1. The highest BCUT2D eigenvalue weighted by Crippen LogP contribution is 2.16. The van der Waals surface area contributed by atoms with Crippen molar-refractivity contribution in [3.63, 3.8) is 0 Å². The van der Waals surface area contributed by atoms with Gasteiger partial charge in [0.25, 0.3) is 0 Å². The first-order valence-electron chi connectivity index (χ1n) is 6.10. The Hall–Kier alpha value is -0.270. The monoisotopic (exact) mass is 295 g/mol. The fourth-order valence-electron chi connectivity index (χ4n) is 2.17. The maximum atomic E-state index is 11.5. The summed E-state index contributed by atoms with van der Waals surface area (Å²) >= 11 is 1.79. The van der Waals surface area contributed by atoms with Gasteiger partial charge < -0.3 is 5.11 Å².